The molecule has 0 amide bonds. The maximum atomic E-state index is 11.4. The van der Waals surface area contributed by atoms with Crippen molar-refractivity contribution in [3.05, 3.63) is 90.5 Å². The molecule has 0 aliphatic carbocycles. The van der Waals surface area contributed by atoms with Gasteiger partial charge in [-0.15, -0.1) is 0 Å². The van der Waals surface area contributed by atoms with Crippen molar-refractivity contribution in [3.63, 3.8) is 0 Å². The summed E-state index contributed by atoms with van der Waals surface area (Å²) < 4.78 is 32.1. The summed E-state index contributed by atoms with van der Waals surface area (Å²) in [5.41, 5.74) is 8.35. The fraction of sp³-hybridized carbons (Fsp3) is 0.0370. The molecule has 0 aliphatic heterocycles. The van der Waals surface area contributed by atoms with E-state index in [9.17, 15) is 13.0 Å². The number of aryl methyl sites for hydroxylation is 1. The number of imidazole rings is 2. The molecule has 0 unspecified atom stereocenters. The highest BCUT2D eigenvalue weighted by molar-refractivity contribution is 7.85. The van der Waals surface area contributed by atoms with Gasteiger partial charge in [0.05, 0.1) is 27.0 Å². The predicted molar refractivity (Wildman–Crippen MR) is 137 cm³/mol. The van der Waals surface area contributed by atoms with E-state index in [4.69, 9.17) is 4.98 Å². The molecule has 6 rings (SSSR count). The topological polar surface area (TPSA) is 112 Å². The Labute approximate surface area is 201 Å². The Morgan fingerprint density at radius 2 is 1.09 bits per heavy atom. The Morgan fingerprint density at radius 3 is 1.60 bits per heavy atom. The number of aromatic amines is 2. The zero-order valence-electron chi connectivity index (χ0n) is 18.6. The van der Waals surface area contributed by atoms with Crippen LogP contribution in [0.2, 0.25) is 0 Å². The van der Waals surface area contributed by atoms with Crippen LogP contribution in [0.4, 0.5) is 0 Å². The summed E-state index contributed by atoms with van der Waals surface area (Å²) in [6.45, 7) is 2.06. The second-order valence-electron chi connectivity index (χ2n) is 8.50. The van der Waals surface area contributed by atoms with Crippen molar-refractivity contribution in [2.45, 2.75) is 11.8 Å². The average Bonchev–Trinajstić information content (AvgIpc) is 3.47. The molecule has 8 heteroatoms. The van der Waals surface area contributed by atoms with Crippen LogP contribution in [-0.2, 0) is 10.1 Å². The molecule has 7 nitrogen and oxygen atoms in total. The smallest absolute Gasteiger partial charge is 0.294 e. The zero-order valence-corrected chi connectivity index (χ0v) is 19.5. The number of rotatable bonds is 4. The first-order valence-electron chi connectivity index (χ1n) is 11.0. The Balaban J connectivity index is 1.26. The molecule has 0 saturated carbocycles. The first-order valence-corrected chi connectivity index (χ1v) is 12.4. The molecule has 6 aromatic rings. The number of hydrogen-bond donors (Lipinski definition) is 3. The number of fused-ring (bicyclic) bond motifs is 2. The lowest BCUT2D eigenvalue weighted by Crippen LogP contribution is -1.97. The van der Waals surface area contributed by atoms with Crippen LogP contribution < -0.4 is 0 Å². The lowest BCUT2D eigenvalue weighted by Gasteiger charge is -2.04. The van der Waals surface area contributed by atoms with Crippen LogP contribution in [0.25, 0.3) is 56.0 Å². The summed E-state index contributed by atoms with van der Waals surface area (Å²) in [5.74, 6) is 1.46. The second kappa shape index (κ2) is 7.90. The Bertz CT molecular complexity index is 1820. The lowest BCUT2D eigenvalue weighted by molar-refractivity contribution is 0.483. The van der Waals surface area contributed by atoms with Crippen molar-refractivity contribution in [2.24, 2.45) is 0 Å². The van der Waals surface area contributed by atoms with E-state index in [-0.39, 0.29) is 4.90 Å². The number of nitrogens with zero attached hydrogens (tertiary/aromatic N) is 2. The predicted octanol–water partition coefficient (Wildman–Crippen LogP) is 6.00. The van der Waals surface area contributed by atoms with Crippen molar-refractivity contribution in [3.8, 4) is 33.9 Å². The van der Waals surface area contributed by atoms with E-state index in [2.05, 4.69) is 58.3 Å². The van der Waals surface area contributed by atoms with Crippen LogP contribution in [0.5, 0.6) is 0 Å². The second-order valence-corrected chi connectivity index (χ2v) is 9.92. The Kier molecular flexibility index (Phi) is 4.80. The molecule has 0 radical (unpaired) electrons. The van der Waals surface area contributed by atoms with Crippen LogP contribution in [0.3, 0.4) is 0 Å². The van der Waals surface area contributed by atoms with Crippen molar-refractivity contribution in [1.82, 2.24) is 19.9 Å². The minimum Gasteiger partial charge on any atom is -0.338 e. The van der Waals surface area contributed by atoms with Crippen molar-refractivity contribution >= 4 is 32.2 Å². The Morgan fingerprint density at radius 1 is 0.629 bits per heavy atom. The molecule has 0 saturated heterocycles. The molecule has 4 aromatic carbocycles. The highest BCUT2D eigenvalue weighted by atomic mass is 32.2. The van der Waals surface area contributed by atoms with Crippen LogP contribution in [0, 0.1) is 6.92 Å². The van der Waals surface area contributed by atoms with Crippen molar-refractivity contribution in [2.75, 3.05) is 0 Å². The van der Waals surface area contributed by atoms with Crippen molar-refractivity contribution in [1.29, 1.82) is 0 Å². The van der Waals surface area contributed by atoms with Gasteiger partial charge in [0, 0.05) is 11.1 Å². The molecule has 0 fully saturated rings. The van der Waals surface area contributed by atoms with Crippen LogP contribution in [0.1, 0.15) is 5.56 Å². The summed E-state index contributed by atoms with van der Waals surface area (Å²) in [7, 11) is -4.27. The van der Waals surface area contributed by atoms with E-state index in [1.165, 1.54) is 17.7 Å². The monoisotopic (exact) mass is 480 g/mol. The summed E-state index contributed by atoms with van der Waals surface area (Å²) in [4.78, 5) is 15.6. The highest BCUT2D eigenvalue weighted by Crippen LogP contribution is 2.28. The van der Waals surface area contributed by atoms with Gasteiger partial charge in [-0.05, 0) is 53.9 Å². The zero-order chi connectivity index (χ0) is 24.2. The summed E-state index contributed by atoms with van der Waals surface area (Å²) in [6, 6.07) is 26.7. The molecular formula is C27H20N4O3S. The average molecular weight is 481 g/mol. The summed E-state index contributed by atoms with van der Waals surface area (Å²) in [6.07, 6.45) is 0. The third-order valence-electron chi connectivity index (χ3n) is 6.04. The third-order valence-corrected chi connectivity index (χ3v) is 6.89. The molecule has 172 valence electrons. The van der Waals surface area contributed by atoms with Crippen LogP contribution >= 0.6 is 0 Å². The summed E-state index contributed by atoms with van der Waals surface area (Å²) >= 11 is 0. The van der Waals surface area contributed by atoms with Gasteiger partial charge < -0.3 is 9.97 Å². The van der Waals surface area contributed by atoms with Gasteiger partial charge in [0.2, 0.25) is 0 Å². The standard InChI is InChI=1S/C27H20N4O3S/c1-16-2-12-22-24(14-16)30-26(28-22)19-7-3-17(4-8-19)18-5-9-20(10-6-18)27-29-23-13-11-21(35(32,33)34)15-25(23)31-27/h2-15H,1H3,(H,28,30)(H,29,31)(H,32,33,34). The molecule has 2 aromatic heterocycles. The van der Waals surface area contributed by atoms with E-state index < -0.39 is 10.1 Å². The maximum absolute atomic E-state index is 11.4. The summed E-state index contributed by atoms with van der Waals surface area (Å²) in [5, 5.41) is 0. The molecule has 0 spiro atoms. The van der Waals surface area contributed by atoms with Gasteiger partial charge in [0.15, 0.2) is 0 Å². The highest BCUT2D eigenvalue weighted by Gasteiger charge is 2.13. The largest absolute Gasteiger partial charge is 0.338 e. The number of H-pyrrole nitrogens is 2. The van der Waals surface area contributed by atoms with Gasteiger partial charge >= 0.3 is 0 Å². The molecule has 2 heterocycles. The number of hydrogen-bond acceptors (Lipinski definition) is 4. The molecule has 3 N–H and O–H groups in total. The van der Waals surface area contributed by atoms with Gasteiger partial charge in [0.1, 0.15) is 11.6 Å². The fourth-order valence-electron chi connectivity index (χ4n) is 4.19. The number of aromatic nitrogens is 4. The third kappa shape index (κ3) is 3.99. The number of nitrogens with one attached hydrogen (secondary N) is 2. The first-order chi connectivity index (χ1) is 16.8. The van der Waals surface area contributed by atoms with E-state index >= 15 is 0 Å². The van der Waals surface area contributed by atoms with E-state index in [1.54, 1.807) is 6.07 Å². The number of benzene rings is 4. The quantitative estimate of drug-likeness (QED) is 0.268. The fourth-order valence-corrected chi connectivity index (χ4v) is 4.69. The molecule has 0 aliphatic rings. The van der Waals surface area contributed by atoms with E-state index in [1.807, 2.05) is 30.3 Å². The minimum absolute atomic E-state index is 0.170. The molecular weight excluding hydrogens is 460 g/mol. The van der Waals surface area contributed by atoms with Crippen LogP contribution in [-0.4, -0.2) is 32.9 Å². The molecule has 35 heavy (non-hydrogen) atoms. The van der Waals surface area contributed by atoms with Gasteiger partial charge in [-0.3, -0.25) is 4.55 Å². The normalized spacial score (nSPS) is 11.9. The first kappa shape index (κ1) is 21.3. The lowest BCUT2D eigenvalue weighted by atomic mass is 10.0. The van der Waals surface area contributed by atoms with Crippen LogP contribution in [0.15, 0.2) is 89.8 Å². The molecule has 0 bridgehead atoms. The van der Waals surface area contributed by atoms with Gasteiger partial charge in [-0.2, -0.15) is 8.42 Å². The maximum Gasteiger partial charge on any atom is 0.294 e. The minimum atomic E-state index is -4.27. The van der Waals surface area contributed by atoms with Gasteiger partial charge in [-0.25, -0.2) is 9.97 Å². The van der Waals surface area contributed by atoms with E-state index in [0.717, 1.165) is 39.1 Å². The van der Waals surface area contributed by atoms with Gasteiger partial charge in [0.25, 0.3) is 10.1 Å². The SMILES string of the molecule is Cc1ccc2nc(-c3ccc(-c4ccc(-c5nc6ccc(S(=O)(=O)O)cc6[nH]5)cc4)cc3)[nH]c2c1. The van der Waals surface area contributed by atoms with Crippen molar-refractivity contribution < 1.29 is 13.0 Å². The Hall–Kier alpha value is -4.27. The van der Waals surface area contributed by atoms with Gasteiger partial charge in [-0.1, -0.05) is 54.6 Å². The molecule has 0 atom stereocenters. The van der Waals surface area contributed by atoms with E-state index in [0.29, 0.717) is 16.9 Å².